The Balaban J connectivity index is 1.95. The first-order chi connectivity index (χ1) is 14.3. The predicted octanol–water partition coefficient (Wildman–Crippen LogP) is 4.87. The second-order valence-corrected chi connectivity index (χ2v) is 9.08. The van der Waals surface area contributed by atoms with Crippen molar-refractivity contribution in [2.45, 2.75) is 11.3 Å². The highest BCUT2D eigenvalue weighted by Gasteiger charge is 2.25. The van der Waals surface area contributed by atoms with E-state index in [9.17, 15) is 18.3 Å². The van der Waals surface area contributed by atoms with Gasteiger partial charge in [-0.25, -0.2) is 22.2 Å². The fraction of sp³-hybridized carbons (Fsp3) is 0.0476. The monoisotopic (exact) mass is 460 g/mol. The van der Waals surface area contributed by atoms with Crippen LogP contribution in [0.3, 0.4) is 0 Å². The zero-order chi connectivity index (χ0) is 21.5. The van der Waals surface area contributed by atoms with Crippen LogP contribution >= 0.6 is 23.2 Å². The molecule has 6 nitrogen and oxygen atoms in total. The molecular formula is C21H14Cl2N2O4S. The number of carboxylic acids is 1. The van der Waals surface area contributed by atoms with Gasteiger partial charge in [-0.1, -0.05) is 41.4 Å². The van der Waals surface area contributed by atoms with Crippen LogP contribution in [0.1, 0.15) is 21.6 Å². The molecule has 152 valence electrons. The molecule has 0 bridgehead atoms. The Morgan fingerprint density at radius 3 is 2.47 bits per heavy atom. The first kappa shape index (κ1) is 20.4. The zero-order valence-corrected chi connectivity index (χ0v) is 17.6. The molecule has 0 aliphatic heterocycles. The van der Waals surface area contributed by atoms with Gasteiger partial charge in [0.2, 0.25) is 0 Å². The van der Waals surface area contributed by atoms with Gasteiger partial charge in [0, 0.05) is 28.7 Å². The molecule has 0 unspecified atom stereocenters. The van der Waals surface area contributed by atoms with Crippen LogP contribution in [0, 0.1) is 0 Å². The molecule has 1 N–H and O–H groups in total. The molecule has 0 radical (unpaired) electrons. The molecule has 0 aliphatic carbocycles. The standard InChI is InChI=1S/C21H14Cl2N2O4S/c22-18-9-8-16(21(26)27)19(23)17(18)12-14-11-13-5-4-10-24-20(13)25(14)30(28,29)15-6-2-1-3-7-15/h1-11H,12H2,(H,26,27). The average Bonchev–Trinajstić information content (AvgIpc) is 3.10. The summed E-state index contributed by atoms with van der Waals surface area (Å²) in [5.74, 6) is -1.20. The fourth-order valence-corrected chi connectivity index (χ4v) is 5.36. The second-order valence-electron chi connectivity index (χ2n) is 6.50. The lowest BCUT2D eigenvalue weighted by atomic mass is 10.1. The summed E-state index contributed by atoms with van der Waals surface area (Å²) in [6.07, 6.45) is 1.51. The third kappa shape index (κ3) is 3.45. The number of aromatic nitrogens is 2. The topological polar surface area (TPSA) is 89.3 Å². The Bertz CT molecular complexity index is 1380. The van der Waals surface area contributed by atoms with E-state index >= 15 is 0 Å². The first-order valence-electron chi connectivity index (χ1n) is 8.77. The minimum Gasteiger partial charge on any atom is -0.478 e. The summed E-state index contributed by atoms with van der Waals surface area (Å²) in [7, 11) is -3.97. The lowest BCUT2D eigenvalue weighted by molar-refractivity contribution is 0.0697. The minimum atomic E-state index is -3.97. The quantitative estimate of drug-likeness (QED) is 0.458. The number of hydrogen-bond acceptors (Lipinski definition) is 4. The van der Waals surface area contributed by atoms with Crippen molar-refractivity contribution in [2.75, 3.05) is 0 Å². The maximum atomic E-state index is 13.4. The number of halogens is 2. The molecule has 0 saturated carbocycles. The number of nitrogens with zero attached hydrogens (tertiary/aromatic N) is 2. The van der Waals surface area contributed by atoms with Crippen LogP contribution in [-0.4, -0.2) is 28.5 Å². The van der Waals surface area contributed by atoms with E-state index in [-0.39, 0.29) is 32.6 Å². The predicted molar refractivity (Wildman–Crippen MR) is 115 cm³/mol. The largest absolute Gasteiger partial charge is 0.478 e. The summed E-state index contributed by atoms with van der Waals surface area (Å²) in [6, 6.07) is 15.9. The molecule has 0 saturated heterocycles. The molecule has 2 aromatic carbocycles. The second kappa shape index (κ2) is 7.75. The van der Waals surface area contributed by atoms with E-state index < -0.39 is 16.0 Å². The van der Waals surface area contributed by atoms with Gasteiger partial charge in [-0.15, -0.1) is 0 Å². The Labute approximate surface area is 182 Å². The van der Waals surface area contributed by atoms with Gasteiger partial charge in [-0.05, 0) is 48.0 Å². The zero-order valence-electron chi connectivity index (χ0n) is 15.3. The van der Waals surface area contributed by atoms with Crippen LogP contribution in [0.15, 0.2) is 71.8 Å². The van der Waals surface area contributed by atoms with Crippen molar-refractivity contribution in [1.82, 2.24) is 8.96 Å². The van der Waals surface area contributed by atoms with Crippen LogP contribution in [-0.2, 0) is 16.4 Å². The molecule has 9 heteroatoms. The summed E-state index contributed by atoms with van der Waals surface area (Å²) in [5.41, 5.74) is 0.838. The van der Waals surface area contributed by atoms with Crippen LogP contribution in [0.25, 0.3) is 11.0 Å². The molecule has 0 aliphatic rings. The van der Waals surface area contributed by atoms with Crippen molar-refractivity contribution in [3.63, 3.8) is 0 Å². The van der Waals surface area contributed by atoms with Gasteiger partial charge in [-0.3, -0.25) is 0 Å². The minimum absolute atomic E-state index is 0.00120. The fourth-order valence-electron chi connectivity index (χ4n) is 3.26. The lowest BCUT2D eigenvalue weighted by Crippen LogP contribution is -2.16. The maximum absolute atomic E-state index is 13.4. The number of benzene rings is 2. The number of carboxylic acid groups (broad SMARTS) is 1. The van der Waals surface area contributed by atoms with Crippen molar-refractivity contribution in [1.29, 1.82) is 0 Å². The van der Waals surface area contributed by atoms with E-state index in [1.165, 1.54) is 30.5 Å². The SMILES string of the molecule is O=C(O)c1ccc(Cl)c(Cc2cc3cccnc3n2S(=O)(=O)c2ccccc2)c1Cl. The number of pyridine rings is 1. The maximum Gasteiger partial charge on any atom is 0.337 e. The van der Waals surface area contributed by atoms with Gasteiger partial charge in [0.1, 0.15) is 0 Å². The molecule has 2 aromatic heterocycles. The first-order valence-corrected chi connectivity index (χ1v) is 11.0. The molecular weight excluding hydrogens is 447 g/mol. The molecule has 2 heterocycles. The summed E-state index contributed by atoms with van der Waals surface area (Å²) >= 11 is 12.6. The summed E-state index contributed by atoms with van der Waals surface area (Å²) in [5, 5.41) is 10.2. The van der Waals surface area contributed by atoms with Gasteiger partial charge in [0.05, 0.1) is 15.5 Å². The number of carbonyl (C=O) groups is 1. The molecule has 0 fully saturated rings. The molecule has 30 heavy (non-hydrogen) atoms. The van der Waals surface area contributed by atoms with E-state index in [2.05, 4.69) is 4.98 Å². The van der Waals surface area contributed by atoms with Crippen molar-refractivity contribution in [3.8, 4) is 0 Å². The Hall–Kier alpha value is -2.87. The summed E-state index contributed by atoms with van der Waals surface area (Å²) in [6.45, 7) is 0. The normalized spacial score (nSPS) is 11.7. The Kier molecular flexibility index (Phi) is 5.27. The number of fused-ring (bicyclic) bond motifs is 1. The van der Waals surface area contributed by atoms with Crippen molar-refractivity contribution >= 4 is 50.2 Å². The molecule has 4 rings (SSSR count). The molecule has 0 atom stereocenters. The van der Waals surface area contributed by atoms with Gasteiger partial charge >= 0.3 is 5.97 Å². The van der Waals surface area contributed by atoms with Crippen LogP contribution < -0.4 is 0 Å². The number of aromatic carboxylic acids is 1. The lowest BCUT2D eigenvalue weighted by Gasteiger charge is -2.14. The van der Waals surface area contributed by atoms with Crippen molar-refractivity contribution < 1.29 is 18.3 Å². The smallest absolute Gasteiger partial charge is 0.337 e. The Morgan fingerprint density at radius 2 is 1.77 bits per heavy atom. The van der Waals surface area contributed by atoms with Crippen LogP contribution in [0.2, 0.25) is 10.0 Å². The number of rotatable bonds is 5. The highest BCUT2D eigenvalue weighted by atomic mass is 35.5. The van der Waals surface area contributed by atoms with Gasteiger partial charge in [0.25, 0.3) is 10.0 Å². The van der Waals surface area contributed by atoms with Gasteiger partial charge in [-0.2, -0.15) is 0 Å². The third-order valence-electron chi connectivity index (χ3n) is 4.65. The molecule has 0 amide bonds. The van der Waals surface area contributed by atoms with Crippen LogP contribution in [0.4, 0.5) is 0 Å². The third-order valence-corrected chi connectivity index (χ3v) is 7.19. The molecule has 4 aromatic rings. The Morgan fingerprint density at radius 1 is 1.03 bits per heavy atom. The highest BCUT2D eigenvalue weighted by molar-refractivity contribution is 7.90. The highest BCUT2D eigenvalue weighted by Crippen LogP contribution is 2.33. The summed E-state index contributed by atoms with van der Waals surface area (Å²) < 4.78 is 28.0. The van der Waals surface area contributed by atoms with E-state index in [0.29, 0.717) is 16.6 Å². The molecule has 0 spiro atoms. The van der Waals surface area contributed by atoms with E-state index in [1.807, 2.05) is 0 Å². The summed E-state index contributed by atoms with van der Waals surface area (Å²) in [4.78, 5) is 15.8. The van der Waals surface area contributed by atoms with Crippen LogP contribution in [0.5, 0.6) is 0 Å². The van der Waals surface area contributed by atoms with E-state index in [1.54, 1.807) is 36.4 Å². The number of hydrogen-bond donors (Lipinski definition) is 1. The van der Waals surface area contributed by atoms with Gasteiger partial charge < -0.3 is 5.11 Å². The van der Waals surface area contributed by atoms with Crippen molar-refractivity contribution in [2.24, 2.45) is 0 Å². The average molecular weight is 461 g/mol. The van der Waals surface area contributed by atoms with Gasteiger partial charge in [0.15, 0.2) is 5.65 Å². The van der Waals surface area contributed by atoms with Crippen molar-refractivity contribution in [3.05, 3.63) is 93.7 Å². The van der Waals surface area contributed by atoms with E-state index in [0.717, 1.165) is 3.97 Å². The van der Waals surface area contributed by atoms with E-state index in [4.69, 9.17) is 23.2 Å².